The second-order valence-electron chi connectivity index (χ2n) is 6.43. The normalized spacial score (nSPS) is 11.8. The molecule has 0 aliphatic rings. The van der Waals surface area contributed by atoms with Crippen molar-refractivity contribution in [2.75, 3.05) is 25.6 Å². The van der Waals surface area contributed by atoms with Crippen LogP contribution in [0.4, 0.5) is 0 Å². The Balaban J connectivity index is 2.06. The molecule has 5 nitrogen and oxygen atoms in total. The third kappa shape index (κ3) is 11.6. The van der Waals surface area contributed by atoms with Crippen LogP contribution < -0.4 is 0 Å². The lowest BCUT2D eigenvalue weighted by Gasteiger charge is -2.06. The maximum absolute atomic E-state index is 11.0. The van der Waals surface area contributed by atoms with Gasteiger partial charge in [-0.1, -0.05) is 63.3 Å². The molecule has 0 saturated carbocycles. The van der Waals surface area contributed by atoms with E-state index in [1.165, 1.54) is 56.6 Å². The summed E-state index contributed by atoms with van der Waals surface area (Å²) in [5.41, 5.74) is 2.63. The van der Waals surface area contributed by atoms with Crippen LogP contribution in [0.15, 0.2) is 24.3 Å². The van der Waals surface area contributed by atoms with Gasteiger partial charge in [-0.2, -0.15) is 8.42 Å². The third-order valence-corrected chi connectivity index (χ3v) is 5.20. The number of hydrogen-bond donors (Lipinski definition) is 0. The van der Waals surface area contributed by atoms with E-state index in [0.29, 0.717) is 13.2 Å². The summed E-state index contributed by atoms with van der Waals surface area (Å²) in [6.07, 6.45) is 9.93. The van der Waals surface area contributed by atoms with Gasteiger partial charge in [0.05, 0.1) is 19.0 Å². The first-order valence-electron chi connectivity index (χ1n) is 9.76. The minimum Gasteiger partial charge on any atom is -0.379 e. The summed E-state index contributed by atoms with van der Waals surface area (Å²) in [6, 6.07) is 8.72. The zero-order valence-corrected chi connectivity index (χ0v) is 17.1. The molecule has 0 aromatic heterocycles. The van der Waals surface area contributed by atoms with E-state index >= 15 is 0 Å². The zero-order valence-electron chi connectivity index (χ0n) is 16.2. The first-order chi connectivity index (χ1) is 12.6. The molecule has 1 aromatic carbocycles. The summed E-state index contributed by atoms with van der Waals surface area (Å²) < 4.78 is 31.8. The molecule has 1 aromatic rings. The molecule has 1 rings (SSSR count). The molecule has 6 heteroatoms. The third-order valence-electron chi connectivity index (χ3n) is 4.19. The molecular formula is C20H34O5S. The van der Waals surface area contributed by atoms with E-state index in [4.69, 9.17) is 4.74 Å². The van der Waals surface area contributed by atoms with Crippen molar-refractivity contribution < 1.29 is 22.4 Å². The van der Waals surface area contributed by atoms with Crippen LogP contribution in [0, 0.1) is 0 Å². The lowest BCUT2D eigenvalue weighted by atomic mass is 10.0. The van der Waals surface area contributed by atoms with Crippen LogP contribution in [0.3, 0.4) is 0 Å². The first kappa shape index (κ1) is 23.1. The van der Waals surface area contributed by atoms with Crippen molar-refractivity contribution in [3.8, 4) is 0 Å². The van der Waals surface area contributed by atoms with Gasteiger partial charge in [0, 0.05) is 0 Å². The predicted octanol–water partition coefficient (Wildman–Crippen LogP) is 4.45. The van der Waals surface area contributed by atoms with E-state index in [9.17, 15) is 8.42 Å². The number of rotatable bonds is 16. The Morgan fingerprint density at radius 3 is 2.04 bits per heavy atom. The molecule has 0 N–H and O–H groups in total. The minimum atomic E-state index is -3.55. The molecule has 0 saturated heterocycles. The number of benzene rings is 1. The van der Waals surface area contributed by atoms with Crippen molar-refractivity contribution in [2.45, 2.75) is 65.2 Å². The minimum absolute atomic E-state index is 0.0937. The van der Waals surface area contributed by atoms with Gasteiger partial charge in [-0.25, -0.2) is 4.89 Å². The monoisotopic (exact) mass is 386 g/mol. The van der Waals surface area contributed by atoms with E-state index in [0.717, 1.165) is 12.8 Å². The maximum atomic E-state index is 11.0. The van der Waals surface area contributed by atoms with E-state index in [1.807, 2.05) is 0 Å². The van der Waals surface area contributed by atoms with Gasteiger partial charge < -0.3 is 4.74 Å². The van der Waals surface area contributed by atoms with E-state index < -0.39 is 10.1 Å². The summed E-state index contributed by atoms with van der Waals surface area (Å²) in [5.74, 6) is -0.108. The van der Waals surface area contributed by atoms with Crippen molar-refractivity contribution in [3.05, 3.63) is 35.4 Å². The summed E-state index contributed by atoms with van der Waals surface area (Å²) in [4.78, 5) is 4.61. The largest absolute Gasteiger partial charge is 0.379 e. The molecule has 0 spiro atoms. The molecule has 26 heavy (non-hydrogen) atoms. The van der Waals surface area contributed by atoms with E-state index in [2.05, 4.69) is 40.4 Å². The Kier molecular flexibility index (Phi) is 12.6. The second-order valence-corrected chi connectivity index (χ2v) is 8.26. The number of aryl methyl sites for hydroxylation is 1. The average molecular weight is 387 g/mol. The highest BCUT2D eigenvalue weighted by Crippen LogP contribution is 2.11. The predicted molar refractivity (Wildman–Crippen MR) is 105 cm³/mol. The van der Waals surface area contributed by atoms with Crippen LogP contribution in [-0.2, 0) is 36.9 Å². The van der Waals surface area contributed by atoms with Gasteiger partial charge in [0.15, 0.2) is 0 Å². The molecule has 0 heterocycles. The van der Waals surface area contributed by atoms with E-state index in [1.54, 1.807) is 0 Å². The Morgan fingerprint density at radius 1 is 0.769 bits per heavy atom. The van der Waals surface area contributed by atoms with Crippen LogP contribution in [0.5, 0.6) is 0 Å². The van der Waals surface area contributed by atoms with Crippen LogP contribution in [0.25, 0.3) is 0 Å². The van der Waals surface area contributed by atoms with Crippen molar-refractivity contribution in [3.63, 3.8) is 0 Å². The molecule has 0 fully saturated rings. The van der Waals surface area contributed by atoms with Crippen molar-refractivity contribution >= 4 is 10.1 Å². The maximum Gasteiger partial charge on any atom is 0.293 e. The SMILES string of the molecule is CCCCCCCCc1ccc(CCOCCOOS(=O)(=O)CC)cc1. The molecule has 0 aliphatic heterocycles. The highest BCUT2D eigenvalue weighted by molar-refractivity contribution is 7.86. The first-order valence-corrected chi connectivity index (χ1v) is 11.3. The van der Waals surface area contributed by atoms with Gasteiger partial charge in [0.2, 0.25) is 0 Å². The molecule has 0 radical (unpaired) electrons. The van der Waals surface area contributed by atoms with Gasteiger partial charge in [-0.3, -0.25) is 0 Å². The quantitative estimate of drug-likeness (QED) is 0.239. The lowest BCUT2D eigenvalue weighted by molar-refractivity contribution is -0.209. The lowest BCUT2D eigenvalue weighted by Crippen LogP contribution is -2.12. The standard InChI is InChI=1S/C20H34O5S/c1-3-5-6-7-8-9-10-19-11-13-20(14-12-19)15-16-23-17-18-24-25-26(21,22)4-2/h11-14H,3-10,15-18H2,1-2H3. The summed E-state index contributed by atoms with van der Waals surface area (Å²) in [6.45, 7) is 4.70. The van der Waals surface area contributed by atoms with Crippen molar-refractivity contribution in [2.24, 2.45) is 0 Å². The molecule has 0 amide bonds. The molecule has 0 atom stereocenters. The van der Waals surface area contributed by atoms with Gasteiger partial charge in [0.1, 0.15) is 6.61 Å². The van der Waals surface area contributed by atoms with Gasteiger partial charge in [0.25, 0.3) is 10.1 Å². The highest BCUT2D eigenvalue weighted by Gasteiger charge is 2.07. The van der Waals surface area contributed by atoms with Crippen LogP contribution >= 0.6 is 0 Å². The van der Waals surface area contributed by atoms with Gasteiger partial charge in [-0.15, -0.1) is 4.33 Å². The van der Waals surface area contributed by atoms with Crippen LogP contribution in [0.1, 0.15) is 63.5 Å². The van der Waals surface area contributed by atoms with Crippen molar-refractivity contribution in [1.82, 2.24) is 0 Å². The fourth-order valence-electron chi connectivity index (χ4n) is 2.52. The Morgan fingerprint density at radius 2 is 1.38 bits per heavy atom. The van der Waals surface area contributed by atoms with Gasteiger partial charge >= 0.3 is 0 Å². The molecule has 0 unspecified atom stereocenters. The fraction of sp³-hybridized carbons (Fsp3) is 0.700. The Hall–Kier alpha value is -0.950. The molecule has 0 bridgehead atoms. The van der Waals surface area contributed by atoms with Crippen LogP contribution in [0.2, 0.25) is 0 Å². The number of unbranched alkanes of at least 4 members (excludes halogenated alkanes) is 5. The molecular weight excluding hydrogens is 352 g/mol. The average Bonchev–Trinajstić information content (AvgIpc) is 2.65. The smallest absolute Gasteiger partial charge is 0.293 e. The van der Waals surface area contributed by atoms with Crippen LogP contribution in [-0.4, -0.2) is 34.0 Å². The molecule has 0 aliphatic carbocycles. The summed E-state index contributed by atoms with van der Waals surface area (Å²) >= 11 is 0. The number of hydrogen-bond acceptors (Lipinski definition) is 5. The topological polar surface area (TPSA) is 61.8 Å². The fourth-order valence-corrected chi connectivity index (χ4v) is 2.83. The zero-order chi connectivity index (χ0) is 19.1. The summed E-state index contributed by atoms with van der Waals surface area (Å²) in [5, 5.41) is 0. The number of ether oxygens (including phenoxy) is 1. The second kappa shape index (κ2) is 14.2. The molecule has 150 valence electrons. The van der Waals surface area contributed by atoms with Gasteiger partial charge in [-0.05, 0) is 37.3 Å². The van der Waals surface area contributed by atoms with E-state index in [-0.39, 0.29) is 12.4 Å². The van der Waals surface area contributed by atoms with Crippen molar-refractivity contribution in [1.29, 1.82) is 0 Å². The highest BCUT2D eigenvalue weighted by atomic mass is 32.2. The summed E-state index contributed by atoms with van der Waals surface area (Å²) in [7, 11) is -3.55. The Bertz CT molecular complexity index is 554. The Labute approximate surface area is 159 Å².